The molecular formula is C24H20ClFN4O4. The van der Waals surface area contributed by atoms with E-state index in [0.29, 0.717) is 34.1 Å². The number of aromatic nitrogens is 1. The molecule has 3 aromatic rings. The van der Waals surface area contributed by atoms with E-state index in [-0.39, 0.29) is 29.7 Å². The minimum atomic E-state index is -0.491. The summed E-state index contributed by atoms with van der Waals surface area (Å²) in [7, 11) is 2.92. The van der Waals surface area contributed by atoms with E-state index in [1.54, 1.807) is 30.3 Å². The molecule has 0 bridgehead atoms. The van der Waals surface area contributed by atoms with Gasteiger partial charge in [0.25, 0.3) is 0 Å². The van der Waals surface area contributed by atoms with Crippen LogP contribution in [0.15, 0.2) is 59.7 Å². The molecule has 1 aliphatic heterocycles. The highest BCUT2D eigenvalue weighted by atomic mass is 35.5. The first-order valence-corrected chi connectivity index (χ1v) is 10.6. The first-order chi connectivity index (χ1) is 16.4. The molecular weight excluding hydrogens is 463 g/mol. The van der Waals surface area contributed by atoms with E-state index in [1.165, 1.54) is 43.5 Å². The molecule has 0 unspecified atom stereocenters. The van der Waals surface area contributed by atoms with Crippen LogP contribution in [0.4, 0.5) is 21.6 Å². The van der Waals surface area contributed by atoms with Gasteiger partial charge in [-0.1, -0.05) is 23.7 Å². The largest absolute Gasteiger partial charge is 0.495 e. The smallest absolute Gasteiger partial charge is 0.244 e. The van der Waals surface area contributed by atoms with Gasteiger partial charge in [-0.3, -0.25) is 14.5 Å². The zero-order chi connectivity index (χ0) is 24.2. The third-order valence-corrected chi connectivity index (χ3v) is 5.42. The van der Waals surface area contributed by atoms with Crippen LogP contribution in [0, 0.1) is 5.82 Å². The van der Waals surface area contributed by atoms with E-state index in [2.05, 4.69) is 15.3 Å². The number of fused-ring (bicyclic) bond motifs is 1. The Morgan fingerprint density at radius 3 is 2.59 bits per heavy atom. The maximum atomic E-state index is 13.4. The number of nitrogens with one attached hydrogen (secondary N) is 1. The second-order valence-electron chi connectivity index (χ2n) is 7.30. The lowest BCUT2D eigenvalue weighted by atomic mass is 10.1. The molecule has 10 heteroatoms. The summed E-state index contributed by atoms with van der Waals surface area (Å²) in [5.41, 5.74) is 1.80. The number of ether oxygens (including phenoxy) is 2. The highest BCUT2D eigenvalue weighted by Crippen LogP contribution is 2.36. The number of rotatable bonds is 6. The van der Waals surface area contributed by atoms with E-state index in [9.17, 15) is 14.0 Å². The van der Waals surface area contributed by atoms with Crippen molar-refractivity contribution in [3.63, 3.8) is 0 Å². The molecule has 174 valence electrons. The topological polar surface area (TPSA) is 93.1 Å². The standard InChI is InChI=1S/C24H20ClFN4O4/c1-33-20-12-21(34-2)19(10-16(20)25)29-22(31)13-30-23(32)11-18(14-5-7-15(26)8-6-14)28-17-4-3-9-27-24(17)30/h3-10,12H,11,13H2,1-2H3,(H,29,31). The Morgan fingerprint density at radius 1 is 1.15 bits per heavy atom. The predicted molar refractivity (Wildman–Crippen MR) is 127 cm³/mol. The van der Waals surface area contributed by atoms with Gasteiger partial charge in [-0.2, -0.15) is 0 Å². The lowest BCUT2D eigenvalue weighted by Crippen LogP contribution is -2.39. The third-order valence-electron chi connectivity index (χ3n) is 5.12. The number of hydrogen-bond donors (Lipinski definition) is 1. The Hall–Kier alpha value is -3.98. The van der Waals surface area contributed by atoms with Crippen LogP contribution in [0.3, 0.4) is 0 Å². The molecule has 0 saturated heterocycles. The minimum absolute atomic E-state index is 0.0903. The van der Waals surface area contributed by atoms with E-state index >= 15 is 0 Å². The summed E-state index contributed by atoms with van der Waals surface area (Å²) < 4.78 is 23.8. The molecule has 1 aromatic heterocycles. The Labute approximate surface area is 200 Å². The van der Waals surface area contributed by atoms with Gasteiger partial charge in [0, 0.05) is 12.3 Å². The van der Waals surface area contributed by atoms with Crippen LogP contribution in [0.25, 0.3) is 0 Å². The van der Waals surface area contributed by atoms with Gasteiger partial charge < -0.3 is 14.8 Å². The van der Waals surface area contributed by atoms with Gasteiger partial charge in [-0.15, -0.1) is 0 Å². The molecule has 34 heavy (non-hydrogen) atoms. The van der Waals surface area contributed by atoms with Crippen LogP contribution in [-0.4, -0.2) is 43.3 Å². The predicted octanol–water partition coefficient (Wildman–Crippen LogP) is 4.39. The van der Waals surface area contributed by atoms with Crippen molar-refractivity contribution >= 4 is 46.3 Å². The van der Waals surface area contributed by atoms with Crippen LogP contribution in [-0.2, 0) is 9.59 Å². The second kappa shape index (κ2) is 9.88. The molecule has 2 heterocycles. The van der Waals surface area contributed by atoms with Crippen LogP contribution < -0.4 is 19.7 Å². The maximum Gasteiger partial charge on any atom is 0.244 e. The number of methoxy groups -OCH3 is 2. The van der Waals surface area contributed by atoms with E-state index in [0.717, 1.165) is 0 Å². The number of nitrogens with zero attached hydrogens (tertiary/aromatic N) is 3. The first-order valence-electron chi connectivity index (χ1n) is 10.2. The minimum Gasteiger partial charge on any atom is -0.495 e. The number of amides is 2. The molecule has 1 aliphatic rings. The van der Waals surface area contributed by atoms with Crippen molar-refractivity contribution in [3.8, 4) is 11.5 Å². The molecule has 2 amide bonds. The second-order valence-corrected chi connectivity index (χ2v) is 7.71. The average Bonchev–Trinajstić information content (AvgIpc) is 2.96. The fraction of sp³-hybridized carbons (Fsp3) is 0.167. The maximum absolute atomic E-state index is 13.4. The van der Waals surface area contributed by atoms with Gasteiger partial charge >= 0.3 is 0 Å². The van der Waals surface area contributed by atoms with Crippen molar-refractivity contribution in [2.24, 2.45) is 4.99 Å². The summed E-state index contributed by atoms with van der Waals surface area (Å²) in [6, 6.07) is 12.1. The molecule has 0 radical (unpaired) electrons. The number of anilines is 2. The Kier molecular flexibility index (Phi) is 6.74. The quantitative estimate of drug-likeness (QED) is 0.562. The van der Waals surface area contributed by atoms with Gasteiger partial charge in [0.05, 0.1) is 37.1 Å². The number of benzene rings is 2. The van der Waals surface area contributed by atoms with E-state index < -0.39 is 11.7 Å². The average molecular weight is 483 g/mol. The number of halogens is 2. The molecule has 8 nitrogen and oxygen atoms in total. The van der Waals surface area contributed by atoms with Crippen LogP contribution in [0.1, 0.15) is 12.0 Å². The van der Waals surface area contributed by atoms with Gasteiger partial charge in [-0.05, 0) is 35.9 Å². The molecule has 2 aromatic carbocycles. The summed E-state index contributed by atoms with van der Waals surface area (Å²) in [5, 5.41) is 3.00. The molecule has 0 spiro atoms. The molecule has 0 aliphatic carbocycles. The summed E-state index contributed by atoms with van der Waals surface area (Å²) >= 11 is 6.18. The molecule has 0 saturated carbocycles. The van der Waals surface area contributed by atoms with Crippen molar-refractivity contribution < 1.29 is 23.5 Å². The summed E-state index contributed by atoms with van der Waals surface area (Å²) in [4.78, 5) is 36.2. The molecule has 0 atom stereocenters. The Balaban J connectivity index is 1.60. The monoisotopic (exact) mass is 482 g/mol. The molecule has 1 N–H and O–H groups in total. The van der Waals surface area contributed by atoms with Crippen molar-refractivity contribution in [1.82, 2.24) is 4.98 Å². The SMILES string of the molecule is COc1cc(OC)c(NC(=O)CN2C(=O)CC(c3ccc(F)cc3)=Nc3cccnc32)cc1Cl. The van der Waals surface area contributed by atoms with Crippen molar-refractivity contribution in [2.75, 3.05) is 31.0 Å². The summed E-state index contributed by atoms with van der Waals surface area (Å²) in [5.74, 6) is -0.275. The first kappa shape index (κ1) is 23.2. The van der Waals surface area contributed by atoms with E-state index in [4.69, 9.17) is 21.1 Å². The fourth-order valence-electron chi connectivity index (χ4n) is 3.49. The zero-order valence-corrected chi connectivity index (χ0v) is 19.1. The lowest BCUT2D eigenvalue weighted by Gasteiger charge is -2.21. The number of hydrogen-bond acceptors (Lipinski definition) is 6. The van der Waals surface area contributed by atoms with Gasteiger partial charge in [0.1, 0.15) is 29.5 Å². The third kappa shape index (κ3) is 4.84. The van der Waals surface area contributed by atoms with Crippen molar-refractivity contribution in [1.29, 1.82) is 0 Å². The molecule has 0 fully saturated rings. The van der Waals surface area contributed by atoms with Crippen LogP contribution >= 0.6 is 11.6 Å². The normalized spacial score (nSPS) is 13.0. The Bertz CT molecular complexity index is 1280. The van der Waals surface area contributed by atoms with E-state index in [1.807, 2.05) is 0 Å². The zero-order valence-electron chi connectivity index (χ0n) is 18.3. The Morgan fingerprint density at radius 2 is 1.88 bits per heavy atom. The van der Waals surface area contributed by atoms with Crippen LogP contribution in [0.2, 0.25) is 5.02 Å². The number of aliphatic imine (C=N–C) groups is 1. The summed E-state index contributed by atoms with van der Waals surface area (Å²) in [6.45, 7) is -0.318. The summed E-state index contributed by atoms with van der Waals surface area (Å²) in [6.07, 6.45) is 1.43. The highest BCUT2D eigenvalue weighted by molar-refractivity contribution is 6.32. The lowest BCUT2D eigenvalue weighted by molar-refractivity contribution is -0.120. The number of carbonyl (C=O) groups excluding carboxylic acids is 2. The molecule has 4 rings (SSSR count). The van der Waals surface area contributed by atoms with Gasteiger partial charge in [-0.25, -0.2) is 14.4 Å². The number of carbonyl (C=O) groups is 2. The fourth-order valence-corrected chi connectivity index (χ4v) is 3.73. The number of pyridine rings is 1. The van der Waals surface area contributed by atoms with Crippen molar-refractivity contribution in [2.45, 2.75) is 6.42 Å². The van der Waals surface area contributed by atoms with Gasteiger partial charge in [0.2, 0.25) is 11.8 Å². The highest BCUT2D eigenvalue weighted by Gasteiger charge is 2.28. The van der Waals surface area contributed by atoms with Crippen LogP contribution in [0.5, 0.6) is 11.5 Å². The van der Waals surface area contributed by atoms with Crippen molar-refractivity contribution in [3.05, 3.63) is 71.1 Å². The van der Waals surface area contributed by atoms with Gasteiger partial charge in [0.15, 0.2) is 5.82 Å².